The van der Waals surface area contributed by atoms with Crippen LogP contribution in [0.3, 0.4) is 0 Å². The number of hydrogen-bond donors (Lipinski definition) is 0. The normalized spacial score (nSPS) is 39.8. The minimum atomic E-state index is -0.112. The molecule has 3 heteroatoms. The first kappa shape index (κ1) is 23.7. The van der Waals surface area contributed by atoms with Crippen LogP contribution in [0.1, 0.15) is 103 Å². The average Bonchev–Trinajstić information content (AvgIpc) is 2.85. The number of alkyl halides is 1. The molecule has 4 aliphatic rings. The molecule has 178 valence electrons. The Labute approximate surface area is 190 Å². The van der Waals surface area contributed by atoms with Crippen molar-refractivity contribution in [2.45, 2.75) is 110 Å². The smallest absolute Gasteiger partial charge is 0.179 e. The molecule has 1 unspecified atom stereocenters. The Kier molecular flexibility index (Phi) is 9.32. The number of halogens is 1. The highest BCUT2D eigenvalue weighted by molar-refractivity contribution is 5.11. The third-order valence-electron chi connectivity index (χ3n) is 9.26. The van der Waals surface area contributed by atoms with Crippen LogP contribution in [0.25, 0.3) is 0 Å². The highest BCUT2D eigenvalue weighted by atomic mass is 19.1. The van der Waals surface area contributed by atoms with Crippen molar-refractivity contribution < 1.29 is 13.9 Å². The van der Waals surface area contributed by atoms with E-state index in [9.17, 15) is 4.39 Å². The number of ether oxygens (including phenoxy) is 2. The van der Waals surface area contributed by atoms with E-state index in [-0.39, 0.29) is 13.0 Å². The molecule has 0 aromatic rings. The highest BCUT2D eigenvalue weighted by Gasteiger charge is 2.35. The van der Waals surface area contributed by atoms with E-state index in [2.05, 4.69) is 13.0 Å². The molecule has 0 bridgehead atoms. The molecule has 0 aromatic carbocycles. The van der Waals surface area contributed by atoms with Gasteiger partial charge < -0.3 is 9.47 Å². The molecule has 1 saturated heterocycles. The Bertz CT molecular complexity index is 537. The average molecular weight is 435 g/mol. The van der Waals surface area contributed by atoms with Crippen molar-refractivity contribution in [2.75, 3.05) is 19.9 Å². The largest absolute Gasteiger partial charge is 0.348 e. The molecule has 0 spiro atoms. The first-order valence-corrected chi connectivity index (χ1v) is 13.7. The summed E-state index contributed by atoms with van der Waals surface area (Å²) in [7, 11) is 0. The second-order valence-corrected chi connectivity index (χ2v) is 11.3. The van der Waals surface area contributed by atoms with Gasteiger partial charge >= 0.3 is 0 Å². The minimum Gasteiger partial charge on any atom is -0.348 e. The van der Waals surface area contributed by atoms with Crippen LogP contribution in [-0.2, 0) is 9.47 Å². The number of hydrogen-bond acceptors (Lipinski definition) is 2. The molecular formula is C28H47FO2. The Morgan fingerprint density at radius 3 is 2.00 bits per heavy atom. The van der Waals surface area contributed by atoms with E-state index in [1.165, 1.54) is 82.6 Å². The summed E-state index contributed by atoms with van der Waals surface area (Å²) in [6.45, 7) is 3.97. The van der Waals surface area contributed by atoms with Crippen molar-refractivity contribution in [3.63, 3.8) is 0 Å². The Balaban J connectivity index is 1.15. The van der Waals surface area contributed by atoms with Crippen LogP contribution in [0, 0.1) is 35.5 Å². The van der Waals surface area contributed by atoms with Crippen LogP contribution in [0.15, 0.2) is 11.6 Å². The van der Waals surface area contributed by atoms with Crippen LogP contribution in [0.4, 0.5) is 4.39 Å². The first-order chi connectivity index (χ1) is 15.3. The Morgan fingerprint density at radius 1 is 0.774 bits per heavy atom. The van der Waals surface area contributed by atoms with E-state index in [1.807, 2.05) is 0 Å². The van der Waals surface area contributed by atoms with Gasteiger partial charge in [-0.05, 0) is 93.0 Å². The topological polar surface area (TPSA) is 18.5 Å². The van der Waals surface area contributed by atoms with E-state index in [0.29, 0.717) is 11.8 Å². The second-order valence-electron chi connectivity index (χ2n) is 11.3. The lowest BCUT2D eigenvalue weighted by atomic mass is 9.71. The summed E-state index contributed by atoms with van der Waals surface area (Å²) in [5.41, 5.74) is 1.40. The van der Waals surface area contributed by atoms with Crippen molar-refractivity contribution in [1.82, 2.24) is 0 Å². The fourth-order valence-electron chi connectivity index (χ4n) is 6.97. The predicted molar refractivity (Wildman–Crippen MR) is 126 cm³/mol. The molecule has 1 aliphatic heterocycles. The van der Waals surface area contributed by atoms with Crippen LogP contribution in [-0.4, -0.2) is 26.2 Å². The van der Waals surface area contributed by atoms with Gasteiger partial charge in [0.05, 0.1) is 19.9 Å². The van der Waals surface area contributed by atoms with Crippen LogP contribution in [0.5, 0.6) is 0 Å². The van der Waals surface area contributed by atoms with Gasteiger partial charge in [-0.3, -0.25) is 4.39 Å². The summed E-state index contributed by atoms with van der Waals surface area (Å²) in [5.74, 6) is 4.36. The van der Waals surface area contributed by atoms with Crippen molar-refractivity contribution in [3.05, 3.63) is 11.6 Å². The predicted octanol–water partition coefficient (Wildman–Crippen LogP) is 7.86. The van der Waals surface area contributed by atoms with Gasteiger partial charge in [0, 0.05) is 5.92 Å². The van der Waals surface area contributed by atoms with Gasteiger partial charge in [-0.25, -0.2) is 0 Å². The Morgan fingerprint density at radius 2 is 1.42 bits per heavy atom. The fraction of sp³-hybridized carbons (Fsp3) is 0.929. The van der Waals surface area contributed by atoms with Gasteiger partial charge in [0.1, 0.15) is 0 Å². The van der Waals surface area contributed by atoms with Gasteiger partial charge in [-0.2, -0.15) is 0 Å². The summed E-state index contributed by atoms with van der Waals surface area (Å²) < 4.78 is 25.4. The van der Waals surface area contributed by atoms with E-state index < -0.39 is 0 Å². The molecule has 0 amide bonds. The molecule has 2 saturated carbocycles. The lowest BCUT2D eigenvalue weighted by Gasteiger charge is -2.40. The fourth-order valence-corrected chi connectivity index (χ4v) is 6.97. The van der Waals surface area contributed by atoms with E-state index in [0.717, 1.165) is 56.1 Å². The maximum atomic E-state index is 12.9. The number of unbranched alkanes of at least 4 members (excludes halogenated alkanes) is 2. The van der Waals surface area contributed by atoms with Gasteiger partial charge in [0.2, 0.25) is 0 Å². The zero-order valence-corrected chi connectivity index (χ0v) is 20.0. The second kappa shape index (κ2) is 12.2. The quantitative estimate of drug-likeness (QED) is 0.286. The zero-order chi connectivity index (χ0) is 21.5. The third kappa shape index (κ3) is 6.56. The lowest BCUT2D eigenvalue weighted by molar-refractivity contribution is -0.192. The molecule has 2 nitrogen and oxygen atoms in total. The summed E-state index contributed by atoms with van der Waals surface area (Å²) in [4.78, 5) is 0. The molecule has 1 atom stereocenters. The van der Waals surface area contributed by atoms with Crippen molar-refractivity contribution in [1.29, 1.82) is 0 Å². The van der Waals surface area contributed by atoms with E-state index in [1.54, 1.807) is 0 Å². The van der Waals surface area contributed by atoms with Gasteiger partial charge in [0.15, 0.2) is 6.29 Å². The SMILES string of the molecule is CCCCCC1CCC(C2COC(C3=CCC(C4CCC(CF)CC4)CC3)OC2)CC1. The van der Waals surface area contributed by atoms with E-state index in [4.69, 9.17) is 9.47 Å². The molecule has 0 N–H and O–H groups in total. The Hall–Kier alpha value is -0.410. The van der Waals surface area contributed by atoms with Crippen molar-refractivity contribution >= 4 is 0 Å². The number of allylic oxidation sites excluding steroid dienone is 1. The molecule has 0 aromatic heterocycles. The van der Waals surface area contributed by atoms with Gasteiger partial charge in [-0.15, -0.1) is 0 Å². The van der Waals surface area contributed by atoms with Gasteiger partial charge in [0.25, 0.3) is 0 Å². The van der Waals surface area contributed by atoms with Crippen LogP contribution >= 0.6 is 0 Å². The monoisotopic (exact) mass is 434 g/mol. The molecule has 31 heavy (non-hydrogen) atoms. The first-order valence-electron chi connectivity index (χ1n) is 13.7. The zero-order valence-electron chi connectivity index (χ0n) is 20.0. The molecule has 3 aliphatic carbocycles. The molecule has 0 radical (unpaired) electrons. The summed E-state index contributed by atoms with van der Waals surface area (Å²) in [6.07, 6.45) is 21.8. The van der Waals surface area contributed by atoms with E-state index >= 15 is 0 Å². The van der Waals surface area contributed by atoms with Crippen molar-refractivity contribution in [3.8, 4) is 0 Å². The number of rotatable bonds is 8. The summed E-state index contributed by atoms with van der Waals surface area (Å²) in [5, 5.41) is 0. The maximum absolute atomic E-state index is 12.9. The summed E-state index contributed by atoms with van der Waals surface area (Å²) in [6, 6.07) is 0. The summed E-state index contributed by atoms with van der Waals surface area (Å²) >= 11 is 0. The molecule has 3 fully saturated rings. The molecule has 1 heterocycles. The molecule has 4 rings (SSSR count). The molecular weight excluding hydrogens is 387 g/mol. The van der Waals surface area contributed by atoms with Crippen LogP contribution in [0.2, 0.25) is 0 Å². The van der Waals surface area contributed by atoms with Crippen molar-refractivity contribution in [2.24, 2.45) is 35.5 Å². The minimum absolute atomic E-state index is 0.0788. The standard InChI is InChI=1S/C28H47FO2/c1-2-3-4-5-21-6-10-25(11-7-21)27-19-30-28(31-20-27)26-16-14-24(15-17-26)23-12-8-22(18-29)9-13-23/h16,21-25,27-28H,2-15,17-20H2,1H3. The van der Waals surface area contributed by atoms with Gasteiger partial charge in [-0.1, -0.05) is 51.5 Å². The van der Waals surface area contributed by atoms with Crippen LogP contribution < -0.4 is 0 Å². The third-order valence-corrected chi connectivity index (χ3v) is 9.26. The maximum Gasteiger partial charge on any atom is 0.179 e. The highest BCUT2D eigenvalue weighted by Crippen LogP contribution is 2.42. The lowest BCUT2D eigenvalue weighted by Crippen LogP contribution is -2.38.